The van der Waals surface area contributed by atoms with Gasteiger partial charge in [-0.15, -0.1) is 0 Å². The van der Waals surface area contributed by atoms with Gasteiger partial charge in [0.25, 0.3) is 0 Å². The van der Waals surface area contributed by atoms with E-state index in [-0.39, 0.29) is 17.6 Å². The normalized spacial score (nSPS) is 19.3. The minimum absolute atomic E-state index is 0.152. The van der Waals surface area contributed by atoms with Crippen LogP contribution < -0.4 is 15.2 Å². The zero-order valence-corrected chi connectivity index (χ0v) is 12.4. The monoisotopic (exact) mass is 289 g/mol. The van der Waals surface area contributed by atoms with Gasteiger partial charge >= 0.3 is 0 Å². The highest BCUT2D eigenvalue weighted by atomic mass is 16.6. The van der Waals surface area contributed by atoms with Gasteiger partial charge in [0.2, 0.25) is 11.7 Å². The summed E-state index contributed by atoms with van der Waals surface area (Å²) in [6.45, 7) is 6.43. The predicted octanol–water partition coefficient (Wildman–Crippen LogP) is 2.63. The Morgan fingerprint density at radius 2 is 1.95 bits per heavy atom. The summed E-state index contributed by atoms with van der Waals surface area (Å²) in [7, 11) is 0. The zero-order chi connectivity index (χ0) is 15.0. The Labute approximate surface area is 123 Å². The van der Waals surface area contributed by atoms with Crippen LogP contribution in [0.4, 0.5) is 0 Å². The molecule has 0 saturated carbocycles. The number of benzene rings is 1. The van der Waals surface area contributed by atoms with E-state index in [1.807, 2.05) is 45.0 Å². The van der Waals surface area contributed by atoms with Crippen molar-refractivity contribution in [3.05, 3.63) is 36.0 Å². The second-order valence-electron chi connectivity index (χ2n) is 6.20. The van der Waals surface area contributed by atoms with Crippen LogP contribution in [-0.4, -0.2) is 16.7 Å². The molecule has 2 atom stereocenters. The maximum Gasteiger partial charge on any atom is 0.244 e. The lowest BCUT2D eigenvalue weighted by atomic mass is 9.87. The van der Waals surface area contributed by atoms with E-state index in [1.165, 1.54) is 0 Å². The van der Waals surface area contributed by atoms with Crippen molar-refractivity contribution in [1.82, 2.24) is 10.1 Å². The molecule has 0 amide bonds. The third-order valence-corrected chi connectivity index (χ3v) is 3.45. The van der Waals surface area contributed by atoms with Crippen LogP contribution in [0.5, 0.6) is 11.5 Å². The number of fused-ring (bicyclic) bond motifs is 1. The van der Waals surface area contributed by atoms with Gasteiger partial charge in [-0.1, -0.05) is 38.1 Å². The van der Waals surface area contributed by atoms with Gasteiger partial charge in [-0.25, -0.2) is 0 Å². The third-order valence-electron chi connectivity index (χ3n) is 3.45. The lowest BCUT2D eigenvalue weighted by molar-refractivity contribution is 0.0832. The number of rotatable bonds is 2. The minimum atomic E-state index is -0.385. The molecule has 0 bridgehead atoms. The Balaban J connectivity index is 1.79. The van der Waals surface area contributed by atoms with E-state index in [0.717, 1.165) is 5.75 Å². The molecule has 0 radical (unpaired) electrons. The van der Waals surface area contributed by atoms with E-state index in [1.54, 1.807) is 0 Å². The minimum Gasteiger partial charge on any atom is -0.485 e. The first-order valence-corrected chi connectivity index (χ1v) is 6.93. The highest BCUT2D eigenvalue weighted by molar-refractivity contribution is 5.40. The maximum atomic E-state index is 6.12. The molecule has 6 heteroatoms. The Morgan fingerprint density at radius 3 is 2.67 bits per heavy atom. The smallest absolute Gasteiger partial charge is 0.244 e. The molecule has 2 N–H and O–H groups in total. The molecule has 0 spiro atoms. The van der Waals surface area contributed by atoms with Crippen molar-refractivity contribution in [3.63, 3.8) is 0 Å². The molecular formula is C15H19N3O3. The SMILES string of the molecule is CC(C)(C)[C@H](N)c1nc(C2COc3ccccc3O2)no1. The number of ether oxygens (including phenoxy) is 2. The second-order valence-corrected chi connectivity index (χ2v) is 6.20. The van der Waals surface area contributed by atoms with Crippen LogP contribution in [0.15, 0.2) is 28.8 Å². The molecule has 0 aliphatic carbocycles. The first-order chi connectivity index (χ1) is 9.95. The van der Waals surface area contributed by atoms with Gasteiger partial charge in [0.1, 0.15) is 6.61 Å². The number of hydrogen-bond donors (Lipinski definition) is 1. The fourth-order valence-corrected chi connectivity index (χ4v) is 2.02. The Bertz CT molecular complexity index is 633. The summed E-state index contributed by atoms with van der Waals surface area (Å²) in [6, 6.07) is 7.18. The predicted molar refractivity (Wildman–Crippen MR) is 76.0 cm³/mol. The number of nitrogens with two attached hydrogens (primary N) is 1. The number of nitrogens with zero attached hydrogens (tertiary/aromatic N) is 2. The molecule has 0 saturated heterocycles. The van der Waals surface area contributed by atoms with Crippen molar-refractivity contribution >= 4 is 0 Å². The first kappa shape index (κ1) is 13.9. The average Bonchev–Trinajstić information content (AvgIpc) is 2.94. The van der Waals surface area contributed by atoms with Crippen LogP contribution in [0.3, 0.4) is 0 Å². The van der Waals surface area contributed by atoms with Gasteiger partial charge in [-0.3, -0.25) is 0 Å². The van der Waals surface area contributed by atoms with Crippen LogP contribution in [0.2, 0.25) is 0 Å². The Kier molecular flexibility index (Phi) is 3.33. The number of aromatic nitrogens is 2. The summed E-state index contributed by atoms with van der Waals surface area (Å²) in [6.07, 6.45) is -0.385. The number of para-hydroxylation sites is 2. The van der Waals surface area contributed by atoms with E-state index in [2.05, 4.69) is 10.1 Å². The van der Waals surface area contributed by atoms with Gasteiger partial charge in [0.15, 0.2) is 17.6 Å². The van der Waals surface area contributed by atoms with Crippen LogP contribution in [0, 0.1) is 5.41 Å². The third kappa shape index (κ3) is 2.71. The van der Waals surface area contributed by atoms with Crippen molar-refractivity contribution in [1.29, 1.82) is 0 Å². The molecule has 1 aliphatic heterocycles. The Hall–Kier alpha value is -2.08. The van der Waals surface area contributed by atoms with Crippen LogP contribution in [0.25, 0.3) is 0 Å². The number of hydrogen-bond acceptors (Lipinski definition) is 6. The first-order valence-electron chi connectivity index (χ1n) is 6.93. The van der Waals surface area contributed by atoms with Gasteiger partial charge in [0.05, 0.1) is 6.04 Å². The Morgan fingerprint density at radius 1 is 1.24 bits per heavy atom. The van der Waals surface area contributed by atoms with Crippen molar-refractivity contribution < 1.29 is 14.0 Å². The maximum absolute atomic E-state index is 6.12. The highest BCUT2D eigenvalue weighted by Gasteiger charge is 2.31. The zero-order valence-electron chi connectivity index (χ0n) is 12.4. The van der Waals surface area contributed by atoms with Crippen molar-refractivity contribution in [3.8, 4) is 11.5 Å². The van der Waals surface area contributed by atoms with Crippen LogP contribution in [0.1, 0.15) is 44.6 Å². The molecule has 21 heavy (non-hydrogen) atoms. The molecule has 112 valence electrons. The molecule has 6 nitrogen and oxygen atoms in total. The molecular weight excluding hydrogens is 270 g/mol. The van der Waals surface area contributed by atoms with Crippen molar-refractivity contribution in [2.75, 3.05) is 6.61 Å². The van der Waals surface area contributed by atoms with Crippen LogP contribution >= 0.6 is 0 Å². The van der Waals surface area contributed by atoms with Crippen molar-refractivity contribution in [2.45, 2.75) is 32.9 Å². The fraction of sp³-hybridized carbons (Fsp3) is 0.467. The van der Waals surface area contributed by atoms with Gasteiger partial charge in [-0.2, -0.15) is 4.98 Å². The van der Waals surface area contributed by atoms with E-state index in [4.69, 9.17) is 19.7 Å². The molecule has 1 aliphatic rings. The largest absolute Gasteiger partial charge is 0.485 e. The molecule has 1 unspecified atom stereocenters. The summed E-state index contributed by atoms with van der Waals surface area (Å²) >= 11 is 0. The standard InChI is InChI=1S/C15H19N3O3/c1-15(2,3)12(16)14-17-13(18-21-14)11-8-19-9-6-4-5-7-10(9)20-11/h4-7,11-12H,8,16H2,1-3H3/t11?,12-/m1/s1. The average molecular weight is 289 g/mol. The summed E-state index contributed by atoms with van der Waals surface area (Å²) in [5.41, 5.74) is 5.97. The lowest BCUT2D eigenvalue weighted by Gasteiger charge is -2.24. The summed E-state index contributed by atoms with van der Waals surface area (Å²) < 4.78 is 16.8. The highest BCUT2D eigenvalue weighted by Crippen LogP contribution is 2.36. The van der Waals surface area contributed by atoms with E-state index < -0.39 is 0 Å². The van der Waals surface area contributed by atoms with E-state index >= 15 is 0 Å². The lowest BCUT2D eigenvalue weighted by Crippen LogP contribution is -2.27. The van der Waals surface area contributed by atoms with Gasteiger partial charge in [0, 0.05) is 0 Å². The summed E-state index contributed by atoms with van der Waals surface area (Å²) in [4.78, 5) is 4.37. The van der Waals surface area contributed by atoms with E-state index in [9.17, 15) is 0 Å². The van der Waals surface area contributed by atoms with Crippen molar-refractivity contribution in [2.24, 2.45) is 11.1 Å². The molecule has 2 aromatic rings. The molecule has 1 aromatic carbocycles. The second kappa shape index (κ2) is 5.04. The molecule has 0 fully saturated rings. The van der Waals surface area contributed by atoms with Gasteiger partial charge < -0.3 is 19.7 Å². The molecule has 3 rings (SSSR count). The van der Waals surface area contributed by atoms with E-state index in [0.29, 0.717) is 24.1 Å². The summed E-state index contributed by atoms with van der Waals surface area (Å²) in [5, 5.41) is 3.98. The fourth-order valence-electron chi connectivity index (χ4n) is 2.02. The van der Waals surface area contributed by atoms with Crippen LogP contribution in [-0.2, 0) is 0 Å². The molecule has 1 aromatic heterocycles. The summed E-state index contributed by atoms with van der Waals surface area (Å²) in [5.74, 6) is 2.28. The van der Waals surface area contributed by atoms with Gasteiger partial charge in [-0.05, 0) is 17.5 Å². The quantitative estimate of drug-likeness (QED) is 0.915. The molecule has 2 heterocycles. The topological polar surface area (TPSA) is 83.4 Å².